The van der Waals surface area contributed by atoms with E-state index in [9.17, 15) is 9.90 Å². The number of carbonyl (C=O) groups is 1. The third-order valence-corrected chi connectivity index (χ3v) is 3.05. The lowest BCUT2D eigenvalue weighted by molar-refractivity contribution is -0.160. The van der Waals surface area contributed by atoms with Gasteiger partial charge in [-0.1, -0.05) is 0 Å². The Bertz CT molecular complexity index is 410. The second-order valence-corrected chi connectivity index (χ2v) is 4.65. The van der Waals surface area contributed by atoms with Crippen molar-refractivity contribution < 1.29 is 14.6 Å². The zero-order valence-corrected chi connectivity index (χ0v) is 11.0. The summed E-state index contributed by atoms with van der Waals surface area (Å²) in [5.41, 5.74) is 0.518. The monoisotopic (exact) mass is 240 g/mol. The molecule has 17 heavy (non-hydrogen) atoms. The van der Waals surface area contributed by atoms with E-state index in [1.807, 2.05) is 6.92 Å². The molecule has 5 heteroatoms. The van der Waals surface area contributed by atoms with Crippen LogP contribution in [0.25, 0.3) is 0 Å². The Hall–Kier alpha value is -1.36. The van der Waals surface area contributed by atoms with Crippen molar-refractivity contribution in [2.75, 3.05) is 6.61 Å². The summed E-state index contributed by atoms with van der Waals surface area (Å²) in [6.45, 7) is 7.24. The van der Waals surface area contributed by atoms with Crippen LogP contribution in [0.4, 0.5) is 0 Å². The van der Waals surface area contributed by atoms with Crippen molar-refractivity contribution in [3.63, 3.8) is 0 Å². The summed E-state index contributed by atoms with van der Waals surface area (Å²) in [4.78, 5) is 11.8. The fourth-order valence-electron chi connectivity index (χ4n) is 1.60. The van der Waals surface area contributed by atoms with Crippen molar-refractivity contribution >= 4 is 5.97 Å². The molecule has 1 atom stereocenters. The van der Waals surface area contributed by atoms with Crippen LogP contribution >= 0.6 is 0 Å². The van der Waals surface area contributed by atoms with Gasteiger partial charge in [-0.3, -0.25) is 9.48 Å². The van der Waals surface area contributed by atoms with Crippen LogP contribution < -0.4 is 0 Å². The summed E-state index contributed by atoms with van der Waals surface area (Å²) in [6, 6.07) is 0. The van der Waals surface area contributed by atoms with E-state index in [2.05, 4.69) is 5.10 Å². The Morgan fingerprint density at radius 1 is 1.65 bits per heavy atom. The largest absolute Gasteiger partial charge is 0.465 e. The van der Waals surface area contributed by atoms with E-state index >= 15 is 0 Å². The molecular formula is C12H20N2O3. The molecular weight excluding hydrogens is 220 g/mol. The molecule has 0 saturated carbocycles. The molecule has 0 aliphatic rings. The van der Waals surface area contributed by atoms with Crippen LogP contribution in [0.1, 0.15) is 38.1 Å². The number of aromatic nitrogens is 2. The highest BCUT2D eigenvalue weighted by Crippen LogP contribution is 2.35. The van der Waals surface area contributed by atoms with E-state index in [1.54, 1.807) is 38.7 Å². The maximum absolute atomic E-state index is 11.8. The summed E-state index contributed by atoms with van der Waals surface area (Å²) in [6.07, 6.45) is 0.663. The zero-order valence-electron chi connectivity index (χ0n) is 11.0. The second-order valence-electron chi connectivity index (χ2n) is 4.65. The first kappa shape index (κ1) is 13.7. The number of hydrogen-bond acceptors (Lipinski definition) is 4. The molecule has 0 amide bonds. The van der Waals surface area contributed by atoms with E-state index in [0.29, 0.717) is 12.2 Å². The summed E-state index contributed by atoms with van der Waals surface area (Å²) in [5.74, 6) is -0.407. The SMILES string of the molecule is CCOC(=O)C(C)(C)C(O)c1cnn(C)c1C. The predicted molar refractivity (Wildman–Crippen MR) is 63.3 cm³/mol. The Kier molecular flexibility index (Phi) is 3.93. The van der Waals surface area contributed by atoms with Crippen molar-refractivity contribution in [1.29, 1.82) is 0 Å². The predicted octanol–water partition coefficient (Wildman–Crippen LogP) is 1.35. The van der Waals surface area contributed by atoms with E-state index in [0.717, 1.165) is 5.69 Å². The number of carbonyl (C=O) groups excluding carboxylic acids is 1. The lowest BCUT2D eigenvalue weighted by atomic mass is 9.83. The van der Waals surface area contributed by atoms with Crippen molar-refractivity contribution in [3.8, 4) is 0 Å². The molecule has 0 spiro atoms. The number of hydrogen-bond donors (Lipinski definition) is 1. The van der Waals surface area contributed by atoms with Gasteiger partial charge >= 0.3 is 5.97 Å². The molecule has 1 heterocycles. The maximum atomic E-state index is 11.8. The summed E-state index contributed by atoms with van der Waals surface area (Å²) in [5, 5.41) is 14.3. The Labute approximate surface area is 101 Å². The van der Waals surface area contributed by atoms with Crippen LogP contribution in [0.5, 0.6) is 0 Å². The van der Waals surface area contributed by atoms with Gasteiger partial charge in [0.25, 0.3) is 0 Å². The van der Waals surface area contributed by atoms with E-state index in [-0.39, 0.29) is 0 Å². The third kappa shape index (κ3) is 2.49. The molecule has 1 N–H and O–H groups in total. The third-order valence-electron chi connectivity index (χ3n) is 3.05. The Morgan fingerprint density at radius 3 is 2.65 bits per heavy atom. The molecule has 0 radical (unpaired) electrons. The Balaban J connectivity index is 2.99. The standard InChI is InChI=1S/C12H20N2O3/c1-6-17-11(16)12(3,4)10(15)9-7-13-14(5)8(9)2/h7,10,15H,6H2,1-5H3. The summed E-state index contributed by atoms with van der Waals surface area (Å²) >= 11 is 0. The fraction of sp³-hybridized carbons (Fsp3) is 0.667. The van der Waals surface area contributed by atoms with Crippen LogP contribution in [-0.4, -0.2) is 27.5 Å². The molecule has 0 saturated heterocycles. The van der Waals surface area contributed by atoms with E-state index < -0.39 is 17.5 Å². The highest BCUT2D eigenvalue weighted by Gasteiger charge is 2.39. The maximum Gasteiger partial charge on any atom is 0.314 e. The van der Waals surface area contributed by atoms with Gasteiger partial charge in [-0.15, -0.1) is 0 Å². The number of aliphatic hydroxyl groups is 1. The number of aryl methyl sites for hydroxylation is 1. The number of nitrogens with zero attached hydrogens (tertiary/aromatic N) is 2. The topological polar surface area (TPSA) is 64.3 Å². The van der Waals surface area contributed by atoms with Crippen molar-refractivity contribution in [2.45, 2.75) is 33.8 Å². The van der Waals surface area contributed by atoms with Crippen molar-refractivity contribution in [1.82, 2.24) is 9.78 Å². The van der Waals surface area contributed by atoms with Gasteiger partial charge < -0.3 is 9.84 Å². The molecule has 0 aliphatic heterocycles. The van der Waals surface area contributed by atoms with Gasteiger partial charge in [-0.05, 0) is 27.7 Å². The first-order valence-electron chi connectivity index (χ1n) is 5.66. The fourth-order valence-corrected chi connectivity index (χ4v) is 1.60. The molecule has 0 fully saturated rings. The van der Waals surface area contributed by atoms with Gasteiger partial charge in [0.2, 0.25) is 0 Å². The molecule has 1 aromatic heterocycles. The number of rotatable bonds is 4. The molecule has 0 aromatic carbocycles. The van der Waals surface area contributed by atoms with Crippen LogP contribution in [0.2, 0.25) is 0 Å². The average molecular weight is 240 g/mol. The normalized spacial score (nSPS) is 13.5. The van der Waals surface area contributed by atoms with Gasteiger partial charge in [0, 0.05) is 18.3 Å². The van der Waals surface area contributed by atoms with Gasteiger partial charge in [-0.25, -0.2) is 0 Å². The highest BCUT2D eigenvalue weighted by atomic mass is 16.5. The zero-order chi connectivity index (χ0) is 13.2. The number of aliphatic hydroxyl groups excluding tert-OH is 1. The summed E-state index contributed by atoms with van der Waals surface area (Å²) < 4.78 is 6.64. The molecule has 1 rings (SSSR count). The highest BCUT2D eigenvalue weighted by molar-refractivity contribution is 5.77. The molecule has 0 bridgehead atoms. The number of esters is 1. The summed E-state index contributed by atoms with van der Waals surface area (Å²) in [7, 11) is 1.79. The van der Waals surface area contributed by atoms with Gasteiger partial charge in [0.05, 0.1) is 24.3 Å². The van der Waals surface area contributed by atoms with Crippen molar-refractivity contribution in [2.24, 2.45) is 12.5 Å². The smallest absolute Gasteiger partial charge is 0.314 e. The van der Waals surface area contributed by atoms with Crippen LogP contribution in [0.3, 0.4) is 0 Å². The Morgan fingerprint density at radius 2 is 2.24 bits per heavy atom. The lowest BCUT2D eigenvalue weighted by Gasteiger charge is -2.27. The second kappa shape index (κ2) is 4.87. The quantitative estimate of drug-likeness (QED) is 0.807. The van der Waals surface area contributed by atoms with Gasteiger partial charge in [0.1, 0.15) is 0 Å². The van der Waals surface area contributed by atoms with Crippen LogP contribution in [0, 0.1) is 12.3 Å². The first-order valence-corrected chi connectivity index (χ1v) is 5.66. The van der Waals surface area contributed by atoms with Gasteiger partial charge in [0.15, 0.2) is 0 Å². The minimum atomic E-state index is -0.982. The molecule has 5 nitrogen and oxygen atoms in total. The minimum absolute atomic E-state index is 0.307. The average Bonchev–Trinajstić information content (AvgIpc) is 2.59. The first-order chi connectivity index (χ1) is 7.82. The van der Waals surface area contributed by atoms with E-state index in [1.165, 1.54) is 0 Å². The van der Waals surface area contributed by atoms with E-state index in [4.69, 9.17) is 4.74 Å². The molecule has 96 valence electrons. The molecule has 0 aliphatic carbocycles. The van der Waals surface area contributed by atoms with Crippen LogP contribution in [0.15, 0.2) is 6.20 Å². The lowest BCUT2D eigenvalue weighted by Crippen LogP contribution is -2.33. The van der Waals surface area contributed by atoms with Gasteiger partial charge in [-0.2, -0.15) is 5.10 Å². The van der Waals surface area contributed by atoms with Crippen LogP contribution in [-0.2, 0) is 16.6 Å². The number of ether oxygens (including phenoxy) is 1. The van der Waals surface area contributed by atoms with Crippen molar-refractivity contribution in [3.05, 3.63) is 17.5 Å². The molecule has 1 unspecified atom stereocenters. The molecule has 1 aromatic rings. The minimum Gasteiger partial charge on any atom is -0.465 e.